The molecule has 0 amide bonds. The normalized spacial score (nSPS) is 10.1. The largest absolute Gasteiger partial charge is 0.469 e. The lowest BCUT2D eigenvalue weighted by molar-refractivity contribution is -0.140. The third-order valence-corrected chi connectivity index (χ3v) is 2.42. The Bertz CT molecular complexity index is 396. The van der Waals surface area contributed by atoms with E-state index in [9.17, 15) is 13.6 Å². The lowest BCUT2D eigenvalue weighted by Gasteiger charge is -2.19. The van der Waals surface area contributed by atoms with Gasteiger partial charge < -0.3 is 9.64 Å². The predicted octanol–water partition coefficient (Wildman–Crippen LogP) is 2.35. The van der Waals surface area contributed by atoms with Gasteiger partial charge in [-0.05, 0) is 18.6 Å². The number of carbonyl (C=O) groups excluding carboxylic acids is 1. The molecule has 5 heteroatoms. The minimum Gasteiger partial charge on any atom is -0.469 e. The van der Waals surface area contributed by atoms with Crippen LogP contribution in [0, 0.1) is 11.6 Å². The van der Waals surface area contributed by atoms with Gasteiger partial charge in [0.2, 0.25) is 0 Å². The van der Waals surface area contributed by atoms with E-state index in [0.29, 0.717) is 13.0 Å². The molecule has 0 saturated heterocycles. The maximum atomic E-state index is 13.4. The summed E-state index contributed by atoms with van der Waals surface area (Å²) in [7, 11) is 2.97. The van der Waals surface area contributed by atoms with Gasteiger partial charge in [0.25, 0.3) is 0 Å². The average molecular weight is 243 g/mol. The van der Waals surface area contributed by atoms with Crippen LogP contribution in [-0.2, 0) is 9.53 Å². The number of halogens is 2. The van der Waals surface area contributed by atoms with Crippen molar-refractivity contribution in [3.63, 3.8) is 0 Å². The van der Waals surface area contributed by atoms with Gasteiger partial charge in [-0.1, -0.05) is 0 Å². The Morgan fingerprint density at radius 3 is 2.76 bits per heavy atom. The second kappa shape index (κ2) is 6.18. The smallest absolute Gasteiger partial charge is 0.305 e. The van der Waals surface area contributed by atoms with Crippen LogP contribution in [-0.4, -0.2) is 26.7 Å². The summed E-state index contributed by atoms with van der Waals surface area (Å²) in [5.41, 5.74) is 0.190. The van der Waals surface area contributed by atoms with E-state index in [2.05, 4.69) is 4.74 Å². The van der Waals surface area contributed by atoms with Crippen LogP contribution in [0.1, 0.15) is 12.8 Å². The van der Waals surface area contributed by atoms with Gasteiger partial charge in [-0.2, -0.15) is 0 Å². The molecule has 0 fully saturated rings. The maximum Gasteiger partial charge on any atom is 0.305 e. The number of benzene rings is 1. The first-order valence-corrected chi connectivity index (χ1v) is 5.27. The van der Waals surface area contributed by atoms with Crippen molar-refractivity contribution < 1.29 is 18.3 Å². The van der Waals surface area contributed by atoms with Crippen LogP contribution < -0.4 is 4.90 Å². The average Bonchev–Trinajstić information content (AvgIpc) is 2.31. The molecule has 0 aliphatic heterocycles. The van der Waals surface area contributed by atoms with E-state index in [4.69, 9.17) is 0 Å². The van der Waals surface area contributed by atoms with E-state index in [-0.39, 0.29) is 18.1 Å². The number of nitrogens with zero attached hydrogens (tertiary/aromatic N) is 1. The molecule has 0 atom stereocenters. The van der Waals surface area contributed by atoms with Crippen molar-refractivity contribution in [1.29, 1.82) is 0 Å². The highest BCUT2D eigenvalue weighted by molar-refractivity contribution is 5.69. The van der Waals surface area contributed by atoms with Gasteiger partial charge in [0, 0.05) is 26.1 Å². The topological polar surface area (TPSA) is 29.5 Å². The standard InChI is InChI=1S/C12H15F2NO2/c1-15(7-3-4-12(16)17-2)11-8-9(13)5-6-10(11)14/h5-6,8H,3-4,7H2,1-2H3. The van der Waals surface area contributed by atoms with Crippen molar-refractivity contribution >= 4 is 11.7 Å². The highest BCUT2D eigenvalue weighted by atomic mass is 19.1. The maximum absolute atomic E-state index is 13.4. The number of hydrogen-bond acceptors (Lipinski definition) is 3. The molecule has 0 heterocycles. The lowest BCUT2D eigenvalue weighted by atomic mass is 10.2. The number of ether oxygens (including phenoxy) is 1. The highest BCUT2D eigenvalue weighted by Gasteiger charge is 2.09. The van der Waals surface area contributed by atoms with Crippen molar-refractivity contribution in [1.82, 2.24) is 0 Å². The summed E-state index contributed by atoms with van der Waals surface area (Å²) in [6, 6.07) is 3.29. The zero-order chi connectivity index (χ0) is 12.8. The molecular formula is C12H15F2NO2. The molecule has 0 aromatic heterocycles. The van der Waals surface area contributed by atoms with E-state index in [0.717, 1.165) is 18.2 Å². The molecule has 1 rings (SSSR count). The Labute approximate surface area is 99.0 Å². The summed E-state index contributed by atoms with van der Waals surface area (Å²) in [4.78, 5) is 12.4. The first kappa shape index (κ1) is 13.4. The van der Waals surface area contributed by atoms with Crippen molar-refractivity contribution in [3.8, 4) is 0 Å². The van der Waals surface area contributed by atoms with E-state index in [1.807, 2.05) is 0 Å². The zero-order valence-electron chi connectivity index (χ0n) is 9.87. The molecular weight excluding hydrogens is 228 g/mol. The van der Waals surface area contributed by atoms with Crippen LogP contribution in [0.5, 0.6) is 0 Å². The fraction of sp³-hybridized carbons (Fsp3) is 0.417. The molecule has 0 N–H and O–H groups in total. The van der Waals surface area contributed by atoms with E-state index in [1.54, 1.807) is 11.9 Å². The van der Waals surface area contributed by atoms with Gasteiger partial charge in [0.1, 0.15) is 11.6 Å². The summed E-state index contributed by atoms with van der Waals surface area (Å²) in [5, 5.41) is 0. The van der Waals surface area contributed by atoms with Gasteiger partial charge >= 0.3 is 5.97 Å². The van der Waals surface area contributed by atoms with Gasteiger partial charge in [-0.15, -0.1) is 0 Å². The number of rotatable bonds is 5. The van der Waals surface area contributed by atoms with Gasteiger partial charge in [-0.25, -0.2) is 8.78 Å². The van der Waals surface area contributed by atoms with Crippen molar-refractivity contribution in [2.24, 2.45) is 0 Å². The molecule has 0 aliphatic rings. The molecule has 0 spiro atoms. The van der Waals surface area contributed by atoms with Gasteiger partial charge in [0.15, 0.2) is 0 Å². The van der Waals surface area contributed by atoms with Gasteiger partial charge in [0.05, 0.1) is 12.8 Å². The van der Waals surface area contributed by atoms with Crippen molar-refractivity contribution in [2.75, 3.05) is 25.6 Å². The third kappa shape index (κ3) is 4.01. The van der Waals surface area contributed by atoms with Gasteiger partial charge in [-0.3, -0.25) is 4.79 Å². The fourth-order valence-corrected chi connectivity index (χ4v) is 1.46. The molecule has 94 valence electrons. The molecule has 0 aliphatic carbocycles. The monoisotopic (exact) mass is 243 g/mol. The lowest BCUT2D eigenvalue weighted by Crippen LogP contribution is -2.20. The minimum absolute atomic E-state index is 0.190. The van der Waals surface area contributed by atoms with Crippen LogP contribution in [0.4, 0.5) is 14.5 Å². The SMILES string of the molecule is COC(=O)CCCN(C)c1cc(F)ccc1F. The summed E-state index contributed by atoms with van der Waals surface area (Å²) in [6.07, 6.45) is 0.789. The van der Waals surface area contributed by atoms with Crippen LogP contribution in [0.15, 0.2) is 18.2 Å². The van der Waals surface area contributed by atoms with Crippen molar-refractivity contribution in [2.45, 2.75) is 12.8 Å². The second-order valence-corrected chi connectivity index (χ2v) is 3.70. The summed E-state index contributed by atoms with van der Waals surface area (Å²) >= 11 is 0. The Kier molecular flexibility index (Phi) is 4.87. The predicted molar refractivity (Wildman–Crippen MR) is 60.9 cm³/mol. The first-order chi connectivity index (χ1) is 8.04. The van der Waals surface area contributed by atoms with Crippen LogP contribution in [0.2, 0.25) is 0 Å². The molecule has 0 radical (unpaired) electrons. The molecule has 1 aromatic rings. The quantitative estimate of drug-likeness (QED) is 0.743. The number of methoxy groups -OCH3 is 1. The molecule has 17 heavy (non-hydrogen) atoms. The second-order valence-electron chi connectivity index (χ2n) is 3.70. The first-order valence-electron chi connectivity index (χ1n) is 5.27. The Morgan fingerprint density at radius 2 is 2.12 bits per heavy atom. The Hall–Kier alpha value is -1.65. The fourth-order valence-electron chi connectivity index (χ4n) is 1.46. The molecule has 0 saturated carbocycles. The van der Waals surface area contributed by atoms with Crippen molar-refractivity contribution in [3.05, 3.63) is 29.8 Å². The Balaban J connectivity index is 2.54. The summed E-state index contributed by atoms with van der Waals surface area (Å²) in [6.45, 7) is 0.454. The number of hydrogen-bond donors (Lipinski definition) is 0. The van der Waals surface area contributed by atoms with E-state index < -0.39 is 11.6 Å². The summed E-state index contributed by atoms with van der Waals surface area (Å²) in [5.74, 6) is -1.27. The molecule has 0 unspecified atom stereocenters. The highest BCUT2D eigenvalue weighted by Crippen LogP contribution is 2.19. The van der Waals surface area contributed by atoms with Crippen LogP contribution in [0.25, 0.3) is 0 Å². The zero-order valence-corrected chi connectivity index (χ0v) is 9.87. The third-order valence-electron chi connectivity index (χ3n) is 2.42. The Morgan fingerprint density at radius 1 is 1.41 bits per heavy atom. The van der Waals surface area contributed by atoms with Crippen LogP contribution in [0.3, 0.4) is 0 Å². The van der Waals surface area contributed by atoms with E-state index >= 15 is 0 Å². The molecule has 1 aromatic carbocycles. The number of esters is 1. The number of anilines is 1. The number of carbonyl (C=O) groups is 1. The summed E-state index contributed by atoms with van der Waals surface area (Å²) < 4.78 is 30.8. The minimum atomic E-state index is -0.485. The molecule has 0 bridgehead atoms. The molecule has 3 nitrogen and oxygen atoms in total. The van der Waals surface area contributed by atoms with Crippen LogP contribution >= 0.6 is 0 Å². The van der Waals surface area contributed by atoms with E-state index in [1.165, 1.54) is 7.11 Å².